The summed E-state index contributed by atoms with van der Waals surface area (Å²) >= 11 is 2.53. The molecule has 1 amide bonds. The molecule has 0 radical (unpaired) electrons. The highest BCUT2D eigenvalue weighted by molar-refractivity contribution is 8.04. The normalized spacial score (nSPS) is 17.6. The van der Waals surface area contributed by atoms with Crippen LogP contribution in [-0.4, -0.2) is 47.1 Å². The average Bonchev–Trinajstić information content (AvgIpc) is 3.46. The molecule has 2 aliphatic rings. The fraction of sp³-hybridized carbons (Fsp3) is 0.167. The van der Waals surface area contributed by atoms with Crippen LogP contribution in [0, 0.1) is 0 Å². The molecule has 1 heterocycles. The number of ether oxygens (including phenoxy) is 1. The number of esters is 1. The molecule has 0 spiro atoms. The van der Waals surface area contributed by atoms with Gasteiger partial charge in [-0.25, -0.2) is 4.79 Å². The number of fused-ring (bicyclic) bond motifs is 1. The second kappa shape index (κ2) is 12.3. The molecule has 0 bridgehead atoms. The van der Waals surface area contributed by atoms with Crippen molar-refractivity contribution >= 4 is 47.0 Å². The molecule has 220 valence electrons. The lowest BCUT2D eigenvalue weighted by Crippen LogP contribution is -2.59. The van der Waals surface area contributed by atoms with Crippen molar-refractivity contribution in [1.29, 1.82) is 0 Å². The molecule has 6 nitrogen and oxygen atoms in total. The van der Waals surface area contributed by atoms with E-state index in [9.17, 15) is 19.2 Å². The summed E-state index contributed by atoms with van der Waals surface area (Å²) < 4.78 is 4.67. The summed E-state index contributed by atoms with van der Waals surface area (Å²) in [6.45, 7) is 1.72. The van der Waals surface area contributed by atoms with Crippen LogP contribution in [0.15, 0.2) is 126 Å². The molecule has 1 aliphatic heterocycles. The number of amides is 1. The van der Waals surface area contributed by atoms with Crippen molar-refractivity contribution in [2.24, 2.45) is 0 Å². The lowest BCUT2D eigenvalue weighted by atomic mass is 9.79. The average molecular weight is 620 g/mol. The third-order valence-corrected chi connectivity index (χ3v) is 10.7. The first kappa shape index (κ1) is 29.7. The second-order valence-corrected chi connectivity index (χ2v) is 12.6. The van der Waals surface area contributed by atoms with E-state index in [2.05, 4.69) is 5.32 Å². The topological polar surface area (TPSA) is 89.5 Å². The van der Waals surface area contributed by atoms with Gasteiger partial charge in [-0.2, -0.15) is 0 Å². The van der Waals surface area contributed by atoms with Crippen LogP contribution in [0.4, 0.5) is 0 Å². The number of thioether (sulfide) groups is 2. The van der Waals surface area contributed by atoms with Gasteiger partial charge in [-0.1, -0.05) is 115 Å². The van der Waals surface area contributed by atoms with Gasteiger partial charge in [-0.05, 0) is 23.6 Å². The zero-order valence-corrected chi connectivity index (χ0v) is 25.6. The van der Waals surface area contributed by atoms with E-state index in [1.807, 2.05) is 91.0 Å². The van der Waals surface area contributed by atoms with E-state index in [1.165, 1.54) is 11.8 Å². The van der Waals surface area contributed by atoms with Crippen molar-refractivity contribution < 1.29 is 23.9 Å². The van der Waals surface area contributed by atoms with Crippen LogP contribution in [0.3, 0.4) is 0 Å². The van der Waals surface area contributed by atoms with Crippen LogP contribution < -0.4 is 5.32 Å². The molecular weight excluding hydrogens is 591 g/mol. The first-order valence-electron chi connectivity index (χ1n) is 14.3. The highest BCUT2D eigenvalue weighted by Crippen LogP contribution is 2.49. The van der Waals surface area contributed by atoms with E-state index in [-0.39, 0.29) is 39.9 Å². The Hall–Kier alpha value is -4.40. The molecule has 4 aromatic rings. The Balaban J connectivity index is 1.39. The molecule has 1 atom stereocenters. The predicted molar refractivity (Wildman–Crippen MR) is 174 cm³/mol. The smallest absolute Gasteiger partial charge is 0.337 e. The van der Waals surface area contributed by atoms with Gasteiger partial charge in [0.05, 0.1) is 27.6 Å². The molecule has 44 heavy (non-hydrogen) atoms. The summed E-state index contributed by atoms with van der Waals surface area (Å²) in [5.41, 5.74) is 1.67. The molecule has 1 aliphatic carbocycles. The number of allylic oxidation sites excluding steroid dienone is 1. The van der Waals surface area contributed by atoms with Crippen LogP contribution >= 0.6 is 23.5 Å². The van der Waals surface area contributed by atoms with Crippen LogP contribution in [-0.2, 0) is 19.1 Å². The number of ketones is 2. The van der Waals surface area contributed by atoms with Crippen molar-refractivity contribution in [2.75, 3.05) is 18.1 Å². The van der Waals surface area contributed by atoms with Crippen molar-refractivity contribution in [3.8, 4) is 0 Å². The Morgan fingerprint density at radius 2 is 1.25 bits per heavy atom. The van der Waals surface area contributed by atoms with Crippen molar-refractivity contribution in [3.05, 3.63) is 154 Å². The van der Waals surface area contributed by atoms with E-state index >= 15 is 0 Å². The Morgan fingerprint density at radius 3 is 1.75 bits per heavy atom. The summed E-state index contributed by atoms with van der Waals surface area (Å²) in [5.74, 6) is -2.05. The zero-order chi connectivity index (χ0) is 30.7. The van der Waals surface area contributed by atoms with Gasteiger partial charge in [0.1, 0.15) is 0 Å². The van der Waals surface area contributed by atoms with Gasteiger partial charge in [-0.3, -0.25) is 14.4 Å². The van der Waals surface area contributed by atoms with Crippen molar-refractivity contribution in [3.63, 3.8) is 0 Å². The Labute approximate surface area is 264 Å². The number of carbonyl (C=O) groups is 4. The zero-order valence-electron chi connectivity index (χ0n) is 23.9. The minimum absolute atomic E-state index is 0.0107. The van der Waals surface area contributed by atoms with Gasteiger partial charge in [0.2, 0.25) is 11.7 Å². The third kappa shape index (κ3) is 4.98. The van der Waals surface area contributed by atoms with E-state index < -0.39 is 27.9 Å². The number of Topliss-reactive ketones (excluding diaryl/α,β-unsaturated/α-hetero) is 2. The maximum atomic E-state index is 14.0. The summed E-state index contributed by atoms with van der Waals surface area (Å²) in [6, 6.07) is 36.5. The SMILES string of the molecule is CCOC(=O)C1(NC(=O)CSC(c2ccccc2)(c2ccccc2)c2ccccc2)CSC2=C1C(=O)c1ccccc1C2=O. The third-order valence-electron chi connectivity index (χ3n) is 7.87. The first-order chi connectivity index (χ1) is 21.4. The van der Waals surface area contributed by atoms with Crippen LogP contribution in [0.5, 0.6) is 0 Å². The first-order valence-corrected chi connectivity index (χ1v) is 16.2. The van der Waals surface area contributed by atoms with Gasteiger partial charge < -0.3 is 10.1 Å². The molecule has 0 saturated heterocycles. The van der Waals surface area contributed by atoms with Gasteiger partial charge in [-0.15, -0.1) is 23.5 Å². The number of carbonyl (C=O) groups excluding carboxylic acids is 4. The largest absolute Gasteiger partial charge is 0.464 e. The second-order valence-electron chi connectivity index (χ2n) is 10.4. The minimum Gasteiger partial charge on any atom is -0.464 e. The molecular formula is C36H29NO5S2. The molecule has 0 aromatic heterocycles. The molecule has 1 N–H and O–H groups in total. The Kier molecular flexibility index (Phi) is 8.29. The van der Waals surface area contributed by atoms with E-state index in [4.69, 9.17) is 4.74 Å². The van der Waals surface area contributed by atoms with Crippen LogP contribution in [0.2, 0.25) is 0 Å². The van der Waals surface area contributed by atoms with E-state index in [0.717, 1.165) is 28.5 Å². The summed E-state index contributed by atoms with van der Waals surface area (Å²) in [7, 11) is 0. The molecule has 4 aromatic carbocycles. The Morgan fingerprint density at radius 1 is 0.773 bits per heavy atom. The number of hydrogen-bond donors (Lipinski definition) is 1. The van der Waals surface area contributed by atoms with Crippen molar-refractivity contribution in [2.45, 2.75) is 17.2 Å². The van der Waals surface area contributed by atoms with E-state index in [0.29, 0.717) is 5.56 Å². The maximum Gasteiger partial charge on any atom is 0.337 e. The van der Waals surface area contributed by atoms with Crippen molar-refractivity contribution in [1.82, 2.24) is 5.32 Å². The summed E-state index contributed by atoms with van der Waals surface area (Å²) in [5, 5.41) is 2.90. The molecule has 1 unspecified atom stereocenters. The Bertz CT molecular complexity index is 1680. The molecule has 8 heteroatoms. The monoisotopic (exact) mass is 619 g/mol. The fourth-order valence-electron chi connectivity index (χ4n) is 5.91. The summed E-state index contributed by atoms with van der Waals surface area (Å²) in [6.07, 6.45) is 0. The molecule has 6 rings (SSSR count). The lowest BCUT2D eigenvalue weighted by Gasteiger charge is -2.36. The summed E-state index contributed by atoms with van der Waals surface area (Å²) in [4.78, 5) is 55.1. The fourth-order valence-corrected chi connectivity index (χ4v) is 8.59. The van der Waals surface area contributed by atoms with Gasteiger partial charge in [0.15, 0.2) is 11.3 Å². The van der Waals surface area contributed by atoms with E-state index in [1.54, 1.807) is 31.2 Å². The lowest BCUT2D eigenvalue weighted by molar-refractivity contribution is -0.150. The number of nitrogens with one attached hydrogen (secondary N) is 1. The maximum absolute atomic E-state index is 14.0. The standard InChI is InChI=1S/C36H29NO5S2/c1-2-42-34(41)35(23-43-33-30(35)31(39)27-20-12-13-21-28(27)32(33)40)37-29(38)22-44-36(24-14-6-3-7-15-24,25-16-8-4-9-17-25)26-18-10-5-11-19-26/h3-21H,2,22-23H2,1H3,(H,37,38). The van der Waals surface area contributed by atoms with Crippen LogP contribution in [0.25, 0.3) is 0 Å². The molecule has 0 fully saturated rings. The number of rotatable bonds is 9. The number of benzene rings is 4. The number of hydrogen-bond acceptors (Lipinski definition) is 7. The minimum atomic E-state index is -1.79. The highest BCUT2D eigenvalue weighted by Gasteiger charge is 2.56. The van der Waals surface area contributed by atoms with Gasteiger partial charge in [0.25, 0.3) is 0 Å². The highest BCUT2D eigenvalue weighted by atomic mass is 32.2. The predicted octanol–water partition coefficient (Wildman–Crippen LogP) is 6.21. The molecule has 0 saturated carbocycles. The van der Waals surface area contributed by atoms with Gasteiger partial charge in [0, 0.05) is 16.9 Å². The van der Waals surface area contributed by atoms with Gasteiger partial charge >= 0.3 is 5.97 Å². The quantitative estimate of drug-likeness (QED) is 0.176. The van der Waals surface area contributed by atoms with Crippen LogP contribution in [0.1, 0.15) is 44.3 Å².